The Balaban J connectivity index is 1.65. The van der Waals surface area contributed by atoms with Crippen LogP contribution in [0.25, 0.3) is 34.0 Å². The van der Waals surface area contributed by atoms with Crippen molar-refractivity contribution in [1.29, 1.82) is 5.26 Å². The summed E-state index contributed by atoms with van der Waals surface area (Å²) < 4.78 is 5.81. The molecule has 2 aromatic carbocycles. The predicted molar refractivity (Wildman–Crippen MR) is 102 cm³/mol. The molecule has 0 spiro atoms. The van der Waals surface area contributed by atoms with Crippen molar-refractivity contribution >= 4 is 28.6 Å². The van der Waals surface area contributed by atoms with Gasteiger partial charge >= 0.3 is 0 Å². The second-order valence-corrected chi connectivity index (χ2v) is 5.92. The summed E-state index contributed by atoms with van der Waals surface area (Å²) in [5.74, 6) is 1.16. The standard InChI is InChI=1S/C21H14N4O2/c22-12-15(21-24-17-3-1-2-4-18(17)25-21)11-16-9-10-19(27-16)13-5-7-14(8-6-13)20(23)26/h1-11H,(H2,23,26)(H,24,25)/b15-11+. The van der Waals surface area contributed by atoms with Gasteiger partial charge in [-0.15, -0.1) is 0 Å². The van der Waals surface area contributed by atoms with Crippen LogP contribution in [0.5, 0.6) is 0 Å². The number of imidazole rings is 1. The van der Waals surface area contributed by atoms with Crippen LogP contribution in [0.1, 0.15) is 21.9 Å². The molecule has 0 aliphatic heterocycles. The van der Waals surface area contributed by atoms with Gasteiger partial charge in [0.25, 0.3) is 0 Å². The monoisotopic (exact) mass is 354 g/mol. The SMILES string of the molecule is N#C/C(=C\c1ccc(-c2ccc(C(N)=O)cc2)o1)c1nc2ccccc2[nH]1. The van der Waals surface area contributed by atoms with Crippen molar-refractivity contribution in [1.82, 2.24) is 9.97 Å². The predicted octanol–water partition coefficient (Wildman–Crippen LogP) is 3.99. The Kier molecular flexibility index (Phi) is 4.03. The van der Waals surface area contributed by atoms with Crippen molar-refractivity contribution < 1.29 is 9.21 Å². The van der Waals surface area contributed by atoms with E-state index in [0.717, 1.165) is 16.6 Å². The molecule has 4 aromatic rings. The molecule has 0 fully saturated rings. The maximum atomic E-state index is 11.2. The van der Waals surface area contributed by atoms with Crippen LogP contribution in [-0.4, -0.2) is 15.9 Å². The van der Waals surface area contributed by atoms with Crippen LogP contribution in [0, 0.1) is 11.3 Å². The van der Waals surface area contributed by atoms with Crippen LogP contribution < -0.4 is 5.73 Å². The summed E-state index contributed by atoms with van der Waals surface area (Å²) in [5, 5.41) is 9.51. The largest absolute Gasteiger partial charge is 0.457 e. The number of benzene rings is 2. The number of carbonyl (C=O) groups excluding carboxylic acids is 1. The summed E-state index contributed by atoms with van der Waals surface area (Å²) in [6, 6.07) is 20.1. The molecule has 0 bridgehead atoms. The molecule has 130 valence electrons. The number of aromatic nitrogens is 2. The van der Waals surface area contributed by atoms with Gasteiger partial charge in [0.15, 0.2) is 0 Å². The van der Waals surface area contributed by atoms with Crippen molar-refractivity contribution in [3.8, 4) is 17.4 Å². The molecule has 0 atom stereocenters. The molecular weight excluding hydrogens is 340 g/mol. The number of H-pyrrole nitrogens is 1. The van der Waals surface area contributed by atoms with Crippen molar-refractivity contribution in [3.05, 3.63) is 77.8 Å². The minimum Gasteiger partial charge on any atom is -0.457 e. The zero-order valence-corrected chi connectivity index (χ0v) is 14.1. The minimum absolute atomic E-state index is 0.371. The number of fused-ring (bicyclic) bond motifs is 1. The number of carbonyl (C=O) groups is 1. The van der Waals surface area contributed by atoms with Crippen LogP contribution in [0.2, 0.25) is 0 Å². The van der Waals surface area contributed by atoms with E-state index in [2.05, 4.69) is 16.0 Å². The minimum atomic E-state index is -0.478. The second kappa shape index (κ2) is 6.65. The molecule has 0 saturated heterocycles. The summed E-state index contributed by atoms with van der Waals surface area (Å²) in [5.41, 5.74) is 8.52. The number of amides is 1. The Bertz CT molecular complexity index is 1170. The van der Waals surface area contributed by atoms with E-state index in [4.69, 9.17) is 10.2 Å². The van der Waals surface area contributed by atoms with E-state index in [1.165, 1.54) is 0 Å². The lowest BCUT2D eigenvalue weighted by Gasteiger charge is -1.99. The fourth-order valence-corrected chi connectivity index (χ4v) is 2.76. The summed E-state index contributed by atoms with van der Waals surface area (Å²) in [6.07, 6.45) is 1.64. The van der Waals surface area contributed by atoms with Crippen molar-refractivity contribution in [2.24, 2.45) is 5.73 Å². The highest BCUT2D eigenvalue weighted by Crippen LogP contribution is 2.25. The van der Waals surface area contributed by atoms with Crippen LogP contribution in [0.15, 0.2) is 65.1 Å². The van der Waals surface area contributed by atoms with Crippen molar-refractivity contribution in [2.75, 3.05) is 0 Å². The number of nitrogens with one attached hydrogen (secondary N) is 1. The van der Waals surface area contributed by atoms with E-state index in [0.29, 0.717) is 28.5 Å². The number of nitrogens with two attached hydrogens (primary N) is 1. The first-order valence-corrected chi connectivity index (χ1v) is 8.21. The first kappa shape index (κ1) is 16.4. The third kappa shape index (κ3) is 3.22. The fraction of sp³-hybridized carbons (Fsp3) is 0. The Morgan fingerprint density at radius 2 is 1.89 bits per heavy atom. The Labute approximate surface area is 154 Å². The number of nitrogens with zero attached hydrogens (tertiary/aromatic N) is 2. The molecular formula is C21H14N4O2. The average Bonchev–Trinajstić information content (AvgIpc) is 3.33. The molecule has 6 nitrogen and oxygen atoms in total. The molecule has 0 aliphatic carbocycles. The van der Waals surface area contributed by atoms with Gasteiger partial charge in [-0.1, -0.05) is 24.3 Å². The third-order valence-corrected chi connectivity index (χ3v) is 4.13. The van der Waals surface area contributed by atoms with Gasteiger partial charge in [0.1, 0.15) is 23.4 Å². The lowest BCUT2D eigenvalue weighted by atomic mass is 10.1. The smallest absolute Gasteiger partial charge is 0.248 e. The average molecular weight is 354 g/mol. The van der Waals surface area contributed by atoms with Gasteiger partial charge in [0.2, 0.25) is 5.91 Å². The van der Waals surface area contributed by atoms with Gasteiger partial charge in [-0.25, -0.2) is 4.98 Å². The second-order valence-electron chi connectivity index (χ2n) is 5.92. The van der Waals surface area contributed by atoms with Crippen LogP contribution >= 0.6 is 0 Å². The first-order chi connectivity index (χ1) is 13.1. The van der Waals surface area contributed by atoms with Gasteiger partial charge in [-0.3, -0.25) is 4.79 Å². The number of para-hydroxylation sites is 2. The maximum Gasteiger partial charge on any atom is 0.248 e. The zero-order valence-electron chi connectivity index (χ0n) is 14.1. The molecule has 1 amide bonds. The lowest BCUT2D eigenvalue weighted by molar-refractivity contribution is 0.100. The van der Waals surface area contributed by atoms with Crippen LogP contribution in [0.4, 0.5) is 0 Å². The van der Waals surface area contributed by atoms with Gasteiger partial charge in [-0.2, -0.15) is 5.26 Å². The molecule has 0 radical (unpaired) electrons. The molecule has 2 heterocycles. The number of aromatic amines is 1. The highest BCUT2D eigenvalue weighted by atomic mass is 16.3. The topological polar surface area (TPSA) is 109 Å². The molecule has 2 aromatic heterocycles. The van der Waals surface area contributed by atoms with E-state index in [-0.39, 0.29) is 0 Å². The summed E-state index contributed by atoms with van der Waals surface area (Å²) in [4.78, 5) is 18.7. The molecule has 0 aliphatic rings. The number of hydrogen-bond acceptors (Lipinski definition) is 4. The van der Waals surface area contributed by atoms with Crippen LogP contribution in [-0.2, 0) is 0 Å². The number of hydrogen-bond donors (Lipinski definition) is 2. The highest BCUT2D eigenvalue weighted by Gasteiger charge is 2.10. The first-order valence-electron chi connectivity index (χ1n) is 8.21. The molecule has 27 heavy (non-hydrogen) atoms. The van der Waals surface area contributed by atoms with Gasteiger partial charge in [-0.05, 0) is 36.4 Å². The van der Waals surface area contributed by atoms with Crippen molar-refractivity contribution in [3.63, 3.8) is 0 Å². The van der Waals surface area contributed by atoms with Gasteiger partial charge in [0.05, 0.1) is 16.6 Å². The molecule has 0 unspecified atom stereocenters. The quantitative estimate of drug-likeness (QED) is 0.540. The number of allylic oxidation sites excluding steroid dienone is 1. The zero-order chi connectivity index (χ0) is 18.8. The van der Waals surface area contributed by atoms with Crippen molar-refractivity contribution in [2.45, 2.75) is 0 Å². The molecule has 6 heteroatoms. The van der Waals surface area contributed by atoms with E-state index in [1.807, 2.05) is 24.3 Å². The Morgan fingerprint density at radius 1 is 1.11 bits per heavy atom. The maximum absolute atomic E-state index is 11.2. The third-order valence-electron chi connectivity index (χ3n) is 4.13. The molecule has 4 rings (SSSR count). The summed E-state index contributed by atoms with van der Waals surface area (Å²) in [6.45, 7) is 0. The van der Waals surface area contributed by atoms with E-state index < -0.39 is 5.91 Å². The lowest BCUT2D eigenvalue weighted by Crippen LogP contribution is -2.10. The van der Waals surface area contributed by atoms with E-state index >= 15 is 0 Å². The van der Waals surface area contributed by atoms with Crippen LogP contribution in [0.3, 0.4) is 0 Å². The Hall–Kier alpha value is -4.11. The molecule has 3 N–H and O–H groups in total. The van der Waals surface area contributed by atoms with E-state index in [1.54, 1.807) is 42.5 Å². The number of furan rings is 1. The molecule has 0 saturated carbocycles. The highest BCUT2D eigenvalue weighted by molar-refractivity contribution is 5.93. The number of rotatable bonds is 4. The Morgan fingerprint density at radius 3 is 2.59 bits per heavy atom. The van der Waals surface area contributed by atoms with Gasteiger partial charge in [0, 0.05) is 17.2 Å². The van der Waals surface area contributed by atoms with E-state index in [9.17, 15) is 10.1 Å². The van der Waals surface area contributed by atoms with Gasteiger partial charge < -0.3 is 15.1 Å². The summed E-state index contributed by atoms with van der Waals surface area (Å²) >= 11 is 0. The normalized spacial score (nSPS) is 11.4. The number of nitriles is 1. The fourth-order valence-electron chi connectivity index (χ4n) is 2.76. The summed E-state index contributed by atoms with van der Waals surface area (Å²) in [7, 11) is 0. The number of primary amides is 1.